The molecular formula is C13H21N3OS. The van der Waals surface area contributed by atoms with Crippen LogP contribution in [-0.2, 0) is 6.54 Å². The van der Waals surface area contributed by atoms with E-state index < -0.39 is 5.60 Å². The first kappa shape index (κ1) is 15.0. The van der Waals surface area contributed by atoms with Crippen LogP contribution in [-0.4, -0.2) is 38.7 Å². The molecule has 0 aliphatic carbocycles. The molecule has 100 valence electrons. The molecule has 0 fully saturated rings. The molecule has 1 aromatic rings. The lowest BCUT2D eigenvalue weighted by molar-refractivity contribution is 0.0353. The van der Waals surface area contributed by atoms with E-state index in [0.717, 1.165) is 12.1 Å². The lowest BCUT2D eigenvalue weighted by atomic mass is 10.1. The van der Waals surface area contributed by atoms with Crippen LogP contribution in [0.5, 0.6) is 0 Å². The van der Waals surface area contributed by atoms with Crippen molar-refractivity contribution in [1.82, 2.24) is 9.88 Å². The van der Waals surface area contributed by atoms with Crippen molar-refractivity contribution in [2.24, 2.45) is 5.73 Å². The molecule has 1 rings (SSSR count). The summed E-state index contributed by atoms with van der Waals surface area (Å²) in [5.41, 5.74) is 6.60. The largest absolute Gasteiger partial charge is 0.389 e. The fraction of sp³-hybridized carbons (Fsp3) is 0.538. The van der Waals surface area contributed by atoms with Gasteiger partial charge >= 0.3 is 0 Å². The second-order valence-corrected chi connectivity index (χ2v) is 5.43. The second kappa shape index (κ2) is 6.22. The summed E-state index contributed by atoms with van der Waals surface area (Å²) in [5.74, 6) is 0. The normalized spacial score (nSPS) is 11.8. The zero-order valence-corrected chi connectivity index (χ0v) is 12.0. The highest BCUT2D eigenvalue weighted by atomic mass is 32.1. The van der Waals surface area contributed by atoms with Gasteiger partial charge in [-0.25, -0.2) is 0 Å². The zero-order valence-electron chi connectivity index (χ0n) is 11.2. The minimum atomic E-state index is -0.721. The third kappa shape index (κ3) is 4.68. The zero-order chi connectivity index (χ0) is 13.8. The predicted octanol–water partition coefficient (Wildman–Crippen LogP) is 1.31. The first-order valence-electron chi connectivity index (χ1n) is 6.02. The molecule has 0 radical (unpaired) electrons. The van der Waals surface area contributed by atoms with Crippen LogP contribution in [0.25, 0.3) is 0 Å². The number of pyridine rings is 1. The highest BCUT2D eigenvalue weighted by Crippen LogP contribution is 2.12. The van der Waals surface area contributed by atoms with E-state index in [1.165, 1.54) is 0 Å². The predicted molar refractivity (Wildman–Crippen MR) is 77.4 cm³/mol. The SMILES string of the molecule is CCN(Cc1cccnc1C(N)=S)CC(C)(C)O. The van der Waals surface area contributed by atoms with Crippen molar-refractivity contribution in [1.29, 1.82) is 0 Å². The Morgan fingerprint density at radius 1 is 1.56 bits per heavy atom. The summed E-state index contributed by atoms with van der Waals surface area (Å²) >= 11 is 5.00. The Bertz CT molecular complexity index is 415. The maximum Gasteiger partial charge on any atom is 0.123 e. The highest BCUT2D eigenvalue weighted by molar-refractivity contribution is 7.80. The highest BCUT2D eigenvalue weighted by Gasteiger charge is 2.18. The molecule has 1 aromatic heterocycles. The molecule has 0 amide bonds. The molecule has 0 atom stereocenters. The fourth-order valence-electron chi connectivity index (χ4n) is 1.86. The van der Waals surface area contributed by atoms with Gasteiger partial charge < -0.3 is 10.8 Å². The molecule has 18 heavy (non-hydrogen) atoms. The maximum absolute atomic E-state index is 9.87. The van der Waals surface area contributed by atoms with Gasteiger partial charge in [-0.2, -0.15) is 0 Å². The molecule has 0 unspecified atom stereocenters. The second-order valence-electron chi connectivity index (χ2n) is 4.99. The molecular weight excluding hydrogens is 246 g/mol. The Labute approximate surface area is 114 Å². The third-order valence-corrected chi connectivity index (χ3v) is 2.77. The van der Waals surface area contributed by atoms with Gasteiger partial charge in [0.1, 0.15) is 10.7 Å². The molecule has 0 saturated heterocycles. The number of likely N-dealkylation sites (N-methyl/N-ethyl adjacent to an activating group) is 1. The molecule has 0 bridgehead atoms. The van der Waals surface area contributed by atoms with E-state index in [2.05, 4.69) is 16.8 Å². The van der Waals surface area contributed by atoms with Gasteiger partial charge in [0.2, 0.25) is 0 Å². The van der Waals surface area contributed by atoms with Gasteiger partial charge in [0.15, 0.2) is 0 Å². The number of thiocarbonyl (C=S) groups is 1. The summed E-state index contributed by atoms with van der Waals surface area (Å²) in [4.78, 5) is 6.65. The number of aromatic nitrogens is 1. The summed E-state index contributed by atoms with van der Waals surface area (Å²) in [6.45, 7) is 7.77. The Kier molecular flexibility index (Phi) is 5.19. The first-order valence-corrected chi connectivity index (χ1v) is 6.42. The molecule has 1 heterocycles. The van der Waals surface area contributed by atoms with E-state index in [0.29, 0.717) is 23.8 Å². The van der Waals surface area contributed by atoms with Gasteiger partial charge in [-0.05, 0) is 32.0 Å². The van der Waals surface area contributed by atoms with E-state index in [-0.39, 0.29) is 0 Å². The Morgan fingerprint density at radius 2 is 2.22 bits per heavy atom. The lowest BCUT2D eigenvalue weighted by Crippen LogP contribution is -2.38. The van der Waals surface area contributed by atoms with Crippen molar-refractivity contribution in [2.45, 2.75) is 32.9 Å². The monoisotopic (exact) mass is 267 g/mol. The number of aliphatic hydroxyl groups is 1. The summed E-state index contributed by atoms with van der Waals surface area (Å²) in [5, 5.41) is 9.87. The van der Waals surface area contributed by atoms with Gasteiger partial charge in [0, 0.05) is 19.3 Å². The number of rotatable bonds is 6. The van der Waals surface area contributed by atoms with Gasteiger partial charge in [-0.1, -0.05) is 25.2 Å². The van der Waals surface area contributed by atoms with Crippen molar-refractivity contribution < 1.29 is 5.11 Å². The Morgan fingerprint density at radius 3 is 2.72 bits per heavy atom. The van der Waals surface area contributed by atoms with E-state index in [1.807, 2.05) is 12.1 Å². The van der Waals surface area contributed by atoms with Crippen LogP contribution in [0.3, 0.4) is 0 Å². The summed E-state index contributed by atoms with van der Waals surface area (Å²) < 4.78 is 0. The standard InChI is InChI=1S/C13H21N3OS/c1-4-16(9-13(2,3)17)8-10-6-5-7-15-11(10)12(14)18/h5-7,17H,4,8-9H2,1-3H3,(H2,14,18). The van der Waals surface area contributed by atoms with Crippen LogP contribution in [0.1, 0.15) is 32.0 Å². The van der Waals surface area contributed by atoms with Crippen molar-refractivity contribution in [3.8, 4) is 0 Å². The van der Waals surface area contributed by atoms with Crippen LogP contribution >= 0.6 is 12.2 Å². The average molecular weight is 267 g/mol. The lowest BCUT2D eigenvalue weighted by Gasteiger charge is -2.28. The van der Waals surface area contributed by atoms with Crippen molar-refractivity contribution >= 4 is 17.2 Å². The number of nitrogens with zero attached hydrogens (tertiary/aromatic N) is 2. The molecule has 3 N–H and O–H groups in total. The van der Waals surface area contributed by atoms with Gasteiger partial charge in [-0.3, -0.25) is 9.88 Å². The van der Waals surface area contributed by atoms with Crippen LogP contribution in [0.15, 0.2) is 18.3 Å². The van der Waals surface area contributed by atoms with Crippen molar-refractivity contribution in [2.75, 3.05) is 13.1 Å². The van der Waals surface area contributed by atoms with Crippen LogP contribution in [0.2, 0.25) is 0 Å². The topological polar surface area (TPSA) is 62.4 Å². The fourth-order valence-corrected chi connectivity index (χ4v) is 2.04. The van der Waals surface area contributed by atoms with Gasteiger partial charge in [-0.15, -0.1) is 0 Å². The van der Waals surface area contributed by atoms with E-state index in [1.54, 1.807) is 20.0 Å². The van der Waals surface area contributed by atoms with E-state index in [4.69, 9.17) is 18.0 Å². The molecule has 0 aromatic carbocycles. The average Bonchev–Trinajstić information content (AvgIpc) is 2.26. The maximum atomic E-state index is 9.87. The molecule has 0 aliphatic heterocycles. The van der Waals surface area contributed by atoms with Gasteiger partial charge in [0.05, 0.1) is 5.60 Å². The Balaban J connectivity index is 2.85. The summed E-state index contributed by atoms with van der Waals surface area (Å²) in [6.07, 6.45) is 1.68. The van der Waals surface area contributed by atoms with Crippen molar-refractivity contribution in [3.05, 3.63) is 29.6 Å². The van der Waals surface area contributed by atoms with Crippen LogP contribution < -0.4 is 5.73 Å². The Hall–Kier alpha value is -1.04. The van der Waals surface area contributed by atoms with Gasteiger partial charge in [0.25, 0.3) is 0 Å². The molecule has 0 aliphatic rings. The van der Waals surface area contributed by atoms with Crippen LogP contribution in [0.4, 0.5) is 0 Å². The molecule has 4 nitrogen and oxygen atoms in total. The first-order chi connectivity index (χ1) is 8.33. The quantitative estimate of drug-likeness (QED) is 0.761. The molecule has 5 heteroatoms. The molecule has 0 spiro atoms. The summed E-state index contributed by atoms with van der Waals surface area (Å²) in [7, 11) is 0. The molecule has 0 saturated carbocycles. The minimum Gasteiger partial charge on any atom is -0.389 e. The number of hydrogen-bond acceptors (Lipinski definition) is 4. The van der Waals surface area contributed by atoms with Crippen molar-refractivity contribution in [3.63, 3.8) is 0 Å². The number of hydrogen-bond donors (Lipinski definition) is 2. The van der Waals surface area contributed by atoms with Crippen LogP contribution in [0, 0.1) is 0 Å². The van der Waals surface area contributed by atoms with E-state index in [9.17, 15) is 5.11 Å². The summed E-state index contributed by atoms with van der Waals surface area (Å²) in [6, 6.07) is 3.84. The smallest absolute Gasteiger partial charge is 0.123 e. The minimum absolute atomic E-state index is 0.310. The number of nitrogens with two attached hydrogens (primary N) is 1. The van der Waals surface area contributed by atoms with E-state index >= 15 is 0 Å². The third-order valence-electron chi connectivity index (χ3n) is 2.58.